The lowest BCUT2D eigenvalue weighted by molar-refractivity contribution is -0.137. The van der Waals surface area contributed by atoms with Crippen molar-refractivity contribution >= 4 is 5.97 Å². The number of rotatable bonds is 4. The summed E-state index contributed by atoms with van der Waals surface area (Å²) >= 11 is 0. The summed E-state index contributed by atoms with van der Waals surface area (Å²) in [5.74, 6) is 0.261. The minimum atomic E-state index is -0.723. The molecule has 0 amide bonds. The summed E-state index contributed by atoms with van der Waals surface area (Å²) in [6, 6.07) is 6.13. The molecule has 0 fully saturated rings. The van der Waals surface area contributed by atoms with E-state index in [0.29, 0.717) is 6.42 Å². The molecule has 0 aliphatic carbocycles. The Morgan fingerprint density at radius 3 is 3.13 bits per heavy atom. The van der Waals surface area contributed by atoms with Gasteiger partial charge >= 0.3 is 5.97 Å². The minimum absolute atomic E-state index is 0.244. The molecule has 0 radical (unpaired) electrons. The Labute approximate surface area is 88.7 Å². The van der Waals surface area contributed by atoms with Crippen LogP contribution in [0.4, 0.5) is 0 Å². The molecule has 0 saturated carbocycles. The molecule has 1 aromatic carbocycles. The van der Waals surface area contributed by atoms with E-state index < -0.39 is 5.97 Å². The van der Waals surface area contributed by atoms with Crippen molar-refractivity contribution in [2.24, 2.45) is 0 Å². The second-order valence-electron chi connectivity index (χ2n) is 3.79. The van der Waals surface area contributed by atoms with E-state index in [1.807, 2.05) is 12.1 Å². The number of aryl methyl sites for hydroxylation is 1. The van der Waals surface area contributed by atoms with Crippen LogP contribution in [0.15, 0.2) is 18.2 Å². The number of carboxylic acids is 1. The van der Waals surface area contributed by atoms with Gasteiger partial charge in [0.15, 0.2) is 0 Å². The van der Waals surface area contributed by atoms with Crippen LogP contribution in [-0.2, 0) is 17.6 Å². The standard InChI is InChI=1S/C12H14O3/c13-12(14)3-1-2-9-4-5-11-10(8-9)6-7-15-11/h4-5,8H,1-3,6-7H2,(H,13,14). The van der Waals surface area contributed by atoms with Crippen LogP contribution in [0.5, 0.6) is 5.75 Å². The summed E-state index contributed by atoms with van der Waals surface area (Å²) in [6.45, 7) is 0.772. The van der Waals surface area contributed by atoms with E-state index in [4.69, 9.17) is 9.84 Å². The van der Waals surface area contributed by atoms with Gasteiger partial charge in [-0.2, -0.15) is 0 Å². The molecule has 1 aliphatic heterocycles. The number of ether oxygens (including phenoxy) is 1. The first-order valence-electron chi connectivity index (χ1n) is 5.22. The zero-order valence-electron chi connectivity index (χ0n) is 8.53. The fourth-order valence-corrected chi connectivity index (χ4v) is 1.84. The Balaban J connectivity index is 1.95. The Morgan fingerprint density at radius 2 is 2.33 bits per heavy atom. The number of benzene rings is 1. The maximum absolute atomic E-state index is 10.4. The highest BCUT2D eigenvalue weighted by Crippen LogP contribution is 2.26. The van der Waals surface area contributed by atoms with E-state index in [0.717, 1.165) is 25.2 Å². The van der Waals surface area contributed by atoms with E-state index >= 15 is 0 Å². The third-order valence-electron chi connectivity index (χ3n) is 2.61. The molecule has 1 aromatic rings. The molecule has 0 bridgehead atoms. The van der Waals surface area contributed by atoms with Crippen molar-refractivity contribution in [1.29, 1.82) is 0 Å². The molecule has 0 aromatic heterocycles. The summed E-state index contributed by atoms with van der Waals surface area (Å²) in [5, 5.41) is 8.53. The third kappa shape index (κ3) is 2.49. The van der Waals surface area contributed by atoms with E-state index in [-0.39, 0.29) is 6.42 Å². The van der Waals surface area contributed by atoms with Gasteiger partial charge in [-0.15, -0.1) is 0 Å². The molecule has 15 heavy (non-hydrogen) atoms. The van der Waals surface area contributed by atoms with E-state index in [1.54, 1.807) is 0 Å². The van der Waals surface area contributed by atoms with Crippen molar-refractivity contribution in [3.63, 3.8) is 0 Å². The van der Waals surface area contributed by atoms with Crippen molar-refractivity contribution in [2.75, 3.05) is 6.61 Å². The lowest BCUT2D eigenvalue weighted by atomic mass is 10.0. The van der Waals surface area contributed by atoms with Crippen LogP contribution in [0.25, 0.3) is 0 Å². The molecule has 1 aliphatic rings. The van der Waals surface area contributed by atoms with Crippen LogP contribution in [0, 0.1) is 0 Å². The molecule has 1 N–H and O–H groups in total. The molecular weight excluding hydrogens is 192 g/mol. The average molecular weight is 206 g/mol. The Hall–Kier alpha value is -1.51. The zero-order chi connectivity index (χ0) is 10.7. The number of aliphatic carboxylic acids is 1. The first kappa shape index (κ1) is 10.0. The maximum Gasteiger partial charge on any atom is 0.303 e. The van der Waals surface area contributed by atoms with E-state index in [2.05, 4.69) is 6.07 Å². The SMILES string of the molecule is O=C(O)CCCc1ccc2c(c1)CCO2. The van der Waals surface area contributed by atoms with Crippen molar-refractivity contribution in [1.82, 2.24) is 0 Å². The van der Waals surface area contributed by atoms with Crippen molar-refractivity contribution < 1.29 is 14.6 Å². The summed E-state index contributed by atoms with van der Waals surface area (Å²) in [5.41, 5.74) is 2.46. The molecule has 1 heterocycles. The smallest absolute Gasteiger partial charge is 0.303 e. The quantitative estimate of drug-likeness (QED) is 0.819. The molecule has 0 unspecified atom stereocenters. The second kappa shape index (κ2) is 4.34. The first-order chi connectivity index (χ1) is 7.25. The molecule has 2 rings (SSSR count). The molecule has 3 nitrogen and oxygen atoms in total. The van der Waals surface area contributed by atoms with Gasteiger partial charge in [-0.3, -0.25) is 4.79 Å². The monoisotopic (exact) mass is 206 g/mol. The molecule has 3 heteroatoms. The predicted octanol–water partition coefficient (Wildman–Crippen LogP) is 2.03. The number of hydrogen-bond donors (Lipinski definition) is 1. The normalized spacial score (nSPS) is 13.3. The van der Waals surface area contributed by atoms with Gasteiger partial charge in [-0.1, -0.05) is 12.1 Å². The number of carbonyl (C=O) groups is 1. The van der Waals surface area contributed by atoms with Crippen LogP contribution in [-0.4, -0.2) is 17.7 Å². The lowest BCUT2D eigenvalue weighted by Crippen LogP contribution is -1.96. The Kier molecular flexibility index (Phi) is 2.90. The van der Waals surface area contributed by atoms with Gasteiger partial charge in [0.1, 0.15) is 5.75 Å². The predicted molar refractivity (Wildman–Crippen MR) is 56.2 cm³/mol. The zero-order valence-corrected chi connectivity index (χ0v) is 8.53. The highest BCUT2D eigenvalue weighted by Gasteiger charge is 2.11. The molecule has 0 atom stereocenters. The van der Waals surface area contributed by atoms with Gasteiger partial charge in [0, 0.05) is 12.8 Å². The fraction of sp³-hybridized carbons (Fsp3) is 0.417. The van der Waals surface area contributed by atoms with Crippen molar-refractivity contribution in [3.8, 4) is 5.75 Å². The number of fused-ring (bicyclic) bond motifs is 1. The summed E-state index contributed by atoms with van der Waals surface area (Å²) in [7, 11) is 0. The second-order valence-corrected chi connectivity index (χ2v) is 3.79. The van der Waals surface area contributed by atoms with Crippen LogP contribution >= 0.6 is 0 Å². The summed E-state index contributed by atoms with van der Waals surface area (Å²) in [6.07, 6.45) is 2.75. The topological polar surface area (TPSA) is 46.5 Å². The van der Waals surface area contributed by atoms with E-state index in [1.165, 1.54) is 11.1 Å². The molecule has 0 saturated heterocycles. The van der Waals surface area contributed by atoms with Gasteiger partial charge in [0.2, 0.25) is 0 Å². The van der Waals surface area contributed by atoms with Crippen molar-refractivity contribution in [2.45, 2.75) is 25.7 Å². The average Bonchev–Trinajstić information content (AvgIpc) is 2.64. The Bertz CT molecular complexity index is 371. The summed E-state index contributed by atoms with van der Waals surface area (Å²) < 4.78 is 5.40. The Morgan fingerprint density at radius 1 is 1.47 bits per heavy atom. The van der Waals surface area contributed by atoms with Crippen LogP contribution in [0.3, 0.4) is 0 Å². The van der Waals surface area contributed by atoms with Gasteiger partial charge in [0.05, 0.1) is 6.61 Å². The van der Waals surface area contributed by atoms with Gasteiger partial charge in [-0.25, -0.2) is 0 Å². The van der Waals surface area contributed by atoms with Crippen LogP contribution in [0.2, 0.25) is 0 Å². The fourth-order valence-electron chi connectivity index (χ4n) is 1.84. The maximum atomic E-state index is 10.4. The largest absolute Gasteiger partial charge is 0.493 e. The van der Waals surface area contributed by atoms with Crippen molar-refractivity contribution in [3.05, 3.63) is 29.3 Å². The van der Waals surface area contributed by atoms with Crippen LogP contribution < -0.4 is 4.74 Å². The first-order valence-corrected chi connectivity index (χ1v) is 5.22. The number of carboxylic acid groups (broad SMARTS) is 1. The number of hydrogen-bond acceptors (Lipinski definition) is 2. The minimum Gasteiger partial charge on any atom is -0.493 e. The molecular formula is C12H14O3. The summed E-state index contributed by atoms with van der Waals surface area (Å²) in [4.78, 5) is 10.4. The highest BCUT2D eigenvalue weighted by atomic mass is 16.5. The highest BCUT2D eigenvalue weighted by molar-refractivity contribution is 5.66. The molecule has 0 spiro atoms. The van der Waals surface area contributed by atoms with Crippen LogP contribution in [0.1, 0.15) is 24.0 Å². The lowest BCUT2D eigenvalue weighted by Gasteiger charge is -2.03. The molecule has 80 valence electrons. The van der Waals surface area contributed by atoms with Gasteiger partial charge < -0.3 is 9.84 Å². The van der Waals surface area contributed by atoms with Gasteiger partial charge in [-0.05, 0) is 30.0 Å². The van der Waals surface area contributed by atoms with Gasteiger partial charge in [0.25, 0.3) is 0 Å². The van der Waals surface area contributed by atoms with E-state index in [9.17, 15) is 4.79 Å². The third-order valence-corrected chi connectivity index (χ3v) is 2.61.